The second-order valence-corrected chi connectivity index (χ2v) is 4.89. The van der Waals surface area contributed by atoms with Crippen LogP contribution in [0.1, 0.15) is 25.7 Å². The van der Waals surface area contributed by atoms with Crippen molar-refractivity contribution in [1.29, 1.82) is 0 Å². The summed E-state index contributed by atoms with van der Waals surface area (Å²) in [5.41, 5.74) is 0. The summed E-state index contributed by atoms with van der Waals surface area (Å²) >= 11 is 0. The minimum atomic E-state index is -1.14. The first kappa shape index (κ1) is 15.7. The molecule has 19 heavy (non-hydrogen) atoms. The molecule has 0 aromatic heterocycles. The van der Waals surface area contributed by atoms with Crippen molar-refractivity contribution in [1.82, 2.24) is 15.5 Å². The van der Waals surface area contributed by atoms with Crippen molar-refractivity contribution in [2.75, 3.05) is 26.7 Å². The third kappa shape index (κ3) is 5.44. The number of nitrogens with one attached hydrogen (secondary N) is 2. The monoisotopic (exact) mass is 273 g/mol. The van der Waals surface area contributed by atoms with Gasteiger partial charge in [0.25, 0.3) is 0 Å². The maximum atomic E-state index is 11.6. The molecule has 2 amide bonds. The Hall–Kier alpha value is -1.34. The number of aliphatic hydroxyl groups is 1. The van der Waals surface area contributed by atoms with Gasteiger partial charge in [-0.05, 0) is 26.4 Å². The van der Waals surface area contributed by atoms with Crippen LogP contribution < -0.4 is 10.6 Å². The molecule has 4 N–H and O–H groups in total. The number of urea groups is 1. The normalized spacial score (nSPS) is 21.7. The molecule has 110 valence electrons. The fourth-order valence-electron chi connectivity index (χ4n) is 2.21. The maximum Gasteiger partial charge on any atom is 0.326 e. The highest BCUT2D eigenvalue weighted by atomic mass is 16.4. The smallest absolute Gasteiger partial charge is 0.326 e. The summed E-state index contributed by atoms with van der Waals surface area (Å²) in [5.74, 6) is -1.14. The molecule has 0 bridgehead atoms. The number of carbonyl (C=O) groups is 2. The van der Waals surface area contributed by atoms with E-state index in [9.17, 15) is 9.59 Å². The summed E-state index contributed by atoms with van der Waals surface area (Å²) < 4.78 is 0. The van der Waals surface area contributed by atoms with E-state index in [1.165, 1.54) is 6.42 Å². The van der Waals surface area contributed by atoms with Gasteiger partial charge in [-0.2, -0.15) is 0 Å². The van der Waals surface area contributed by atoms with Crippen LogP contribution in [0.2, 0.25) is 0 Å². The van der Waals surface area contributed by atoms with Crippen LogP contribution in [0.15, 0.2) is 0 Å². The summed E-state index contributed by atoms with van der Waals surface area (Å²) in [7, 11) is 2.02. The van der Waals surface area contributed by atoms with Crippen LogP contribution in [0, 0.1) is 0 Å². The number of amides is 2. The highest BCUT2D eigenvalue weighted by molar-refractivity contribution is 5.82. The summed E-state index contributed by atoms with van der Waals surface area (Å²) in [6.07, 6.45) is 3.37. The minimum Gasteiger partial charge on any atom is -0.480 e. The molecule has 1 saturated heterocycles. The van der Waals surface area contributed by atoms with Crippen molar-refractivity contribution < 1.29 is 19.8 Å². The molecule has 7 heteroatoms. The van der Waals surface area contributed by atoms with Crippen molar-refractivity contribution >= 4 is 12.0 Å². The van der Waals surface area contributed by atoms with Crippen molar-refractivity contribution in [3.05, 3.63) is 0 Å². The average molecular weight is 273 g/mol. The van der Waals surface area contributed by atoms with Crippen LogP contribution >= 0.6 is 0 Å². The number of hydrogen-bond acceptors (Lipinski definition) is 4. The van der Waals surface area contributed by atoms with Gasteiger partial charge in [-0.25, -0.2) is 9.59 Å². The predicted octanol–water partition coefficient (Wildman–Crippen LogP) is -0.394. The third-order valence-corrected chi connectivity index (χ3v) is 3.44. The van der Waals surface area contributed by atoms with E-state index in [-0.39, 0.29) is 13.0 Å². The Morgan fingerprint density at radius 1 is 1.42 bits per heavy atom. The molecular formula is C12H23N3O4. The first-order valence-electron chi connectivity index (χ1n) is 6.63. The van der Waals surface area contributed by atoms with E-state index in [1.807, 2.05) is 7.05 Å². The molecule has 1 rings (SSSR count). The van der Waals surface area contributed by atoms with E-state index in [1.54, 1.807) is 0 Å². The molecule has 0 aromatic carbocycles. The lowest BCUT2D eigenvalue weighted by Gasteiger charge is -2.32. The summed E-state index contributed by atoms with van der Waals surface area (Å²) in [5, 5.41) is 22.6. The van der Waals surface area contributed by atoms with Gasteiger partial charge in [-0.1, -0.05) is 6.42 Å². The van der Waals surface area contributed by atoms with Gasteiger partial charge in [-0.3, -0.25) is 0 Å². The quantitative estimate of drug-likeness (QED) is 0.528. The zero-order chi connectivity index (χ0) is 14.3. The van der Waals surface area contributed by atoms with Crippen LogP contribution in [0.5, 0.6) is 0 Å². The van der Waals surface area contributed by atoms with Gasteiger partial charge in [-0.15, -0.1) is 0 Å². The molecule has 2 atom stereocenters. The Balaban J connectivity index is 2.31. The lowest BCUT2D eigenvalue weighted by atomic mass is 10.0. The fourth-order valence-corrected chi connectivity index (χ4v) is 2.21. The largest absolute Gasteiger partial charge is 0.480 e. The van der Waals surface area contributed by atoms with Crippen LogP contribution in [-0.4, -0.2) is 65.9 Å². The first-order chi connectivity index (χ1) is 9.04. The van der Waals surface area contributed by atoms with E-state index in [2.05, 4.69) is 15.5 Å². The third-order valence-electron chi connectivity index (χ3n) is 3.44. The van der Waals surface area contributed by atoms with Crippen LogP contribution in [0.4, 0.5) is 4.79 Å². The van der Waals surface area contributed by atoms with E-state index >= 15 is 0 Å². The number of piperidine rings is 1. The predicted molar refractivity (Wildman–Crippen MR) is 69.9 cm³/mol. The number of likely N-dealkylation sites (tertiary alicyclic amines) is 1. The van der Waals surface area contributed by atoms with Gasteiger partial charge >= 0.3 is 12.0 Å². The Morgan fingerprint density at radius 2 is 2.16 bits per heavy atom. The van der Waals surface area contributed by atoms with Gasteiger partial charge in [0.15, 0.2) is 0 Å². The molecule has 1 aliphatic rings. The van der Waals surface area contributed by atoms with Gasteiger partial charge in [0.05, 0.1) is 0 Å². The number of nitrogens with zero attached hydrogens (tertiary/aromatic N) is 1. The number of aliphatic carboxylic acids is 1. The van der Waals surface area contributed by atoms with Crippen molar-refractivity contribution in [2.24, 2.45) is 0 Å². The number of carboxylic acid groups (broad SMARTS) is 1. The highest BCUT2D eigenvalue weighted by Crippen LogP contribution is 2.13. The maximum absolute atomic E-state index is 11.6. The molecule has 0 aliphatic carbocycles. The molecule has 0 spiro atoms. The van der Waals surface area contributed by atoms with E-state index in [0.29, 0.717) is 12.6 Å². The molecule has 0 saturated carbocycles. The molecular weight excluding hydrogens is 250 g/mol. The molecule has 0 radical (unpaired) electrons. The van der Waals surface area contributed by atoms with Gasteiger partial charge < -0.3 is 25.7 Å². The number of likely N-dealkylation sites (N-methyl/N-ethyl adjacent to an activating group) is 1. The summed E-state index contributed by atoms with van der Waals surface area (Å²) in [4.78, 5) is 24.6. The Kier molecular flexibility index (Phi) is 6.58. The molecule has 0 aromatic rings. The minimum absolute atomic E-state index is 0.00604. The Morgan fingerprint density at radius 3 is 2.74 bits per heavy atom. The molecule has 7 nitrogen and oxygen atoms in total. The van der Waals surface area contributed by atoms with Gasteiger partial charge in [0.1, 0.15) is 6.04 Å². The van der Waals surface area contributed by atoms with Gasteiger partial charge in [0.2, 0.25) is 0 Å². The molecule has 1 fully saturated rings. The standard InChI is InChI=1S/C12H23N3O4/c1-15-6-3-2-4-9(15)8-13-12(19)14-10(5-7-16)11(17)18/h9-10,16H,2-8H2,1H3,(H,17,18)(H2,13,14,19)/t9?,10-/m1/s1. The lowest BCUT2D eigenvalue weighted by molar-refractivity contribution is -0.139. The second-order valence-electron chi connectivity index (χ2n) is 4.89. The zero-order valence-electron chi connectivity index (χ0n) is 11.3. The Labute approximate surface area is 113 Å². The number of hydrogen-bond donors (Lipinski definition) is 4. The topological polar surface area (TPSA) is 102 Å². The van der Waals surface area contributed by atoms with Crippen molar-refractivity contribution in [3.8, 4) is 0 Å². The zero-order valence-corrected chi connectivity index (χ0v) is 11.3. The average Bonchev–Trinajstić information content (AvgIpc) is 2.37. The van der Waals surface area contributed by atoms with Gasteiger partial charge in [0, 0.05) is 25.6 Å². The number of carboxylic acids is 1. The fraction of sp³-hybridized carbons (Fsp3) is 0.833. The molecule has 1 heterocycles. The van der Waals surface area contributed by atoms with Crippen LogP contribution in [0.3, 0.4) is 0 Å². The number of rotatable bonds is 6. The number of carbonyl (C=O) groups excluding carboxylic acids is 1. The van der Waals surface area contributed by atoms with Crippen molar-refractivity contribution in [2.45, 2.75) is 37.8 Å². The van der Waals surface area contributed by atoms with E-state index in [0.717, 1.165) is 19.4 Å². The van der Waals surface area contributed by atoms with E-state index < -0.39 is 18.0 Å². The molecule has 1 unspecified atom stereocenters. The highest BCUT2D eigenvalue weighted by Gasteiger charge is 2.22. The SMILES string of the molecule is CN1CCCCC1CNC(=O)N[C@H](CCO)C(=O)O. The molecule has 1 aliphatic heterocycles. The first-order valence-corrected chi connectivity index (χ1v) is 6.63. The van der Waals surface area contributed by atoms with Crippen LogP contribution in [0.25, 0.3) is 0 Å². The lowest BCUT2D eigenvalue weighted by Crippen LogP contribution is -2.50. The summed E-state index contributed by atoms with van der Waals surface area (Å²) in [6, 6.07) is -1.24. The van der Waals surface area contributed by atoms with Crippen molar-refractivity contribution in [3.63, 3.8) is 0 Å². The summed E-state index contributed by atoms with van der Waals surface area (Å²) in [6.45, 7) is 1.26. The second kappa shape index (κ2) is 7.96. The number of aliphatic hydroxyl groups excluding tert-OH is 1. The van der Waals surface area contributed by atoms with E-state index in [4.69, 9.17) is 10.2 Å². The van der Waals surface area contributed by atoms with Crippen LogP contribution in [-0.2, 0) is 4.79 Å². The Bertz CT molecular complexity index is 311.